The summed E-state index contributed by atoms with van der Waals surface area (Å²) >= 11 is 1.53. The van der Waals surface area contributed by atoms with Crippen LogP contribution in [0.2, 0.25) is 0 Å². The van der Waals surface area contributed by atoms with Gasteiger partial charge in [-0.2, -0.15) is 0 Å². The number of rotatable bonds is 5. The van der Waals surface area contributed by atoms with E-state index in [0.29, 0.717) is 17.2 Å². The van der Waals surface area contributed by atoms with Crippen LogP contribution in [-0.2, 0) is 22.4 Å². The average Bonchev–Trinajstić information content (AvgIpc) is 2.66. The van der Waals surface area contributed by atoms with Gasteiger partial charge >= 0.3 is 5.97 Å². The quantitative estimate of drug-likeness (QED) is 0.628. The molecule has 0 atom stereocenters. The molecule has 1 aromatic rings. The number of hydrogen-bond acceptors (Lipinski definition) is 5. The summed E-state index contributed by atoms with van der Waals surface area (Å²) in [7, 11) is 0. The Morgan fingerprint density at radius 2 is 1.88 bits per heavy atom. The second kappa shape index (κ2) is 8.12. The van der Waals surface area contributed by atoms with Crippen molar-refractivity contribution in [2.45, 2.75) is 65.3 Å². The van der Waals surface area contributed by atoms with E-state index in [4.69, 9.17) is 4.74 Å². The van der Waals surface area contributed by atoms with Crippen LogP contribution in [0, 0.1) is 0 Å². The first-order valence-corrected chi connectivity index (χ1v) is 9.50. The van der Waals surface area contributed by atoms with Crippen LogP contribution in [0.1, 0.15) is 67.8 Å². The van der Waals surface area contributed by atoms with E-state index in [0.717, 1.165) is 31.2 Å². The normalized spacial score (nSPS) is 14.7. The maximum absolute atomic E-state index is 12.4. The molecule has 134 valence electrons. The largest absolute Gasteiger partial charge is 0.462 e. The molecule has 0 saturated carbocycles. The van der Waals surface area contributed by atoms with Crippen LogP contribution in [0.15, 0.2) is 0 Å². The van der Waals surface area contributed by atoms with Gasteiger partial charge in [-0.15, -0.1) is 11.3 Å². The third-order valence-electron chi connectivity index (χ3n) is 3.93. The molecule has 1 aliphatic carbocycles. The Kier molecular flexibility index (Phi) is 6.40. The van der Waals surface area contributed by atoms with Crippen LogP contribution in [0.4, 0.5) is 5.00 Å². The number of carbonyl (C=O) groups excluding carboxylic acids is 2. The summed E-state index contributed by atoms with van der Waals surface area (Å²) in [6, 6.07) is 0. The molecule has 0 fully saturated rings. The highest BCUT2D eigenvalue weighted by Gasteiger charge is 2.26. The van der Waals surface area contributed by atoms with Crippen LogP contribution >= 0.6 is 11.3 Å². The third-order valence-corrected chi connectivity index (χ3v) is 5.14. The Labute approximate surface area is 148 Å². The fraction of sp³-hybridized carbons (Fsp3) is 0.667. The summed E-state index contributed by atoms with van der Waals surface area (Å²) in [6.45, 7) is 8.39. The first-order valence-electron chi connectivity index (χ1n) is 8.68. The van der Waals surface area contributed by atoms with E-state index in [1.54, 1.807) is 6.92 Å². The van der Waals surface area contributed by atoms with Gasteiger partial charge in [0, 0.05) is 10.4 Å². The number of nitrogens with one attached hydrogen (secondary N) is 2. The molecule has 5 nitrogen and oxygen atoms in total. The second-order valence-electron chi connectivity index (χ2n) is 7.14. The Bertz CT molecular complexity index is 602. The van der Waals surface area contributed by atoms with E-state index in [9.17, 15) is 9.59 Å². The van der Waals surface area contributed by atoms with Crippen LogP contribution in [0.5, 0.6) is 0 Å². The topological polar surface area (TPSA) is 67.4 Å². The summed E-state index contributed by atoms with van der Waals surface area (Å²) < 4.78 is 5.23. The van der Waals surface area contributed by atoms with Crippen molar-refractivity contribution in [3.63, 3.8) is 0 Å². The van der Waals surface area contributed by atoms with Gasteiger partial charge in [0.05, 0.1) is 18.7 Å². The van der Waals surface area contributed by atoms with E-state index in [1.165, 1.54) is 22.6 Å². The highest BCUT2D eigenvalue weighted by molar-refractivity contribution is 7.17. The number of carbonyl (C=O) groups is 2. The Hall–Kier alpha value is -1.40. The molecule has 2 N–H and O–H groups in total. The molecular formula is C18H28N2O3S. The van der Waals surface area contributed by atoms with Crippen molar-refractivity contribution in [2.24, 2.45) is 0 Å². The molecule has 0 radical (unpaired) electrons. The van der Waals surface area contributed by atoms with Crippen LogP contribution in [0.25, 0.3) is 0 Å². The number of anilines is 1. The predicted octanol–water partition coefficient (Wildman–Crippen LogP) is 3.52. The molecule has 1 aromatic heterocycles. The smallest absolute Gasteiger partial charge is 0.341 e. The van der Waals surface area contributed by atoms with E-state index in [-0.39, 0.29) is 24.0 Å². The van der Waals surface area contributed by atoms with Crippen LogP contribution in [-0.4, -0.2) is 30.6 Å². The van der Waals surface area contributed by atoms with Gasteiger partial charge in [-0.3, -0.25) is 4.79 Å². The minimum atomic E-state index is -0.323. The van der Waals surface area contributed by atoms with E-state index < -0.39 is 0 Å². The molecular weight excluding hydrogens is 324 g/mol. The monoisotopic (exact) mass is 352 g/mol. The number of aryl methyl sites for hydroxylation is 1. The lowest BCUT2D eigenvalue weighted by Crippen LogP contribution is -2.41. The van der Waals surface area contributed by atoms with Crippen molar-refractivity contribution in [2.75, 3.05) is 18.5 Å². The number of esters is 1. The van der Waals surface area contributed by atoms with Gasteiger partial charge in [0.2, 0.25) is 5.91 Å². The molecule has 1 amide bonds. The van der Waals surface area contributed by atoms with E-state index >= 15 is 0 Å². The van der Waals surface area contributed by atoms with Gasteiger partial charge < -0.3 is 15.4 Å². The van der Waals surface area contributed by atoms with Crippen molar-refractivity contribution in [3.05, 3.63) is 16.0 Å². The summed E-state index contributed by atoms with van der Waals surface area (Å²) in [6.07, 6.45) is 5.25. The van der Waals surface area contributed by atoms with Crippen LogP contribution < -0.4 is 10.6 Å². The fourth-order valence-electron chi connectivity index (χ4n) is 2.77. The molecule has 0 saturated heterocycles. The standard InChI is InChI=1S/C18H28N2O3S/c1-5-23-17(22)15-12-9-7-6-8-10-13(12)24-16(15)20-14(21)11-19-18(2,3)4/h19H,5-11H2,1-4H3,(H,20,21). The molecule has 1 heterocycles. The first kappa shape index (κ1) is 18.9. The summed E-state index contributed by atoms with van der Waals surface area (Å²) in [4.78, 5) is 25.9. The van der Waals surface area contributed by atoms with E-state index in [1.807, 2.05) is 20.8 Å². The van der Waals surface area contributed by atoms with Gasteiger partial charge in [-0.1, -0.05) is 6.42 Å². The fourth-order valence-corrected chi connectivity index (χ4v) is 4.06. The minimum absolute atomic E-state index is 0.131. The Morgan fingerprint density at radius 1 is 1.17 bits per heavy atom. The number of amides is 1. The van der Waals surface area contributed by atoms with Crippen molar-refractivity contribution in [1.82, 2.24) is 5.32 Å². The SMILES string of the molecule is CCOC(=O)c1c(NC(=O)CNC(C)(C)C)sc2c1CCCCC2. The summed E-state index contributed by atoms with van der Waals surface area (Å²) in [5.74, 6) is -0.456. The molecule has 0 aliphatic heterocycles. The van der Waals surface area contributed by atoms with Crippen molar-refractivity contribution in [3.8, 4) is 0 Å². The zero-order chi connectivity index (χ0) is 17.7. The Balaban J connectivity index is 2.21. The number of fused-ring (bicyclic) bond motifs is 1. The van der Waals surface area contributed by atoms with Gasteiger partial charge in [0.25, 0.3) is 0 Å². The van der Waals surface area contributed by atoms with Crippen LogP contribution in [0.3, 0.4) is 0 Å². The van der Waals surface area contributed by atoms with E-state index in [2.05, 4.69) is 10.6 Å². The van der Waals surface area contributed by atoms with Gasteiger partial charge in [0.15, 0.2) is 0 Å². The zero-order valence-corrected chi connectivity index (χ0v) is 15.9. The Morgan fingerprint density at radius 3 is 2.54 bits per heavy atom. The lowest BCUT2D eigenvalue weighted by atomic mass is 10.1. The minimum Gasteiger partial charge on any atom is -0.462 e. The maximum atomic E-state index is 12.4. The second-order valence-corrected chi connectivity index (χ2v) is 8.25. The third kappa shape index (κ3) is 5.05. The summed E-state index contributed by atoms with van der Waals surface area (Å²) in [5.41, 5.74) is 1.52. The van der Waals surface area contributed by atoms with Crippen molar-refractivity contribution < 1.29 is 14.3 Å². The van der Waals surface area contributed by atoms with Crippen molar-refractivity contribution >= 4 is 28.2 Å². The van der Waals surface area contributed by atoms with Crippen molar-refractivity contribution in [1.29, 1.82) is 0 Å². The first-order chi connectivity index (χ1) is 11.3. The zero-order valence-electron chi connectivity index (χ0n) is 15.1. The molecule has 1 aliphatic rings. The summed E-state index contributed by atoms with van der Waals surface area (Å²) in [5, 5.41) is 6.72. The molecule has 24 heavy (non-hydrogen) atoms. The molecule has 6 heteroatoms. The molecule has 0 aromatic carbocycles. The van der Waals surface area contributed by atoms with Gasteiger partial charge in [0.1, 0.15) is 5.00 Å². The maximum Gasteiger partial charge on any atom is 0.341 e. The number of hydrogen-bond donors (Lipinski definition) is 2. The number of thiophene rings is 1. The highest BCUT2D eigenvalue weighted by Crippen LogP contribution is 2.37. The molecule has 0 bridgehead atoms. The van der Waals surface area contributed by atoms with Gasteiger partial charge in [-0.05, 0) is 58.9 Å². The highest BCUT2D eigenvalue weighted by atomic mass is 32.1. The lowest BCUT2D eigenvalue weighted by molar-refractivity contribution is -0.115. The number of ether oxygens (including phenoxy) is 1. The molecule has 0 spiro atoms. The average molecular weight is 353 g/mol. The lowest BCUT2D eigenvalue weighted by Gasteiger charge is -2.20. The molecule has 0 unspecified atom stereocenters. The molecule has 2 rings (SSSR count). The van der Waals surface area contributed by atoms with Gasteiger partial charge in [-0.25, -0.2) is 4.79 Å². The predicted molar refractivity (Wildman–Crippen MR) is 97.9 cm³/mol.